The lowest BCUT2D eigenvalue weighted by atomic mass is 10.3. The van der Waals surface area contributed by atoms with Crippen LogP contribution in [0.4, 0.5) is 0 Å². The van der Waals surface area contributed by atoms with Crippen LogP contribution >= 0.6 is 0 Å². The van der Waals surface area contributed by atoms with Crippen LogP contribution in [-0.4, -0.2) is 14.8 Å². The Morgan fingerprint density at radius 2 is 2.30 bits per heavy atom. The molecule has 0 fully saturated rings. The van der Waals surface area contributed by atoms with E-state index in [9.17, 15) is 5.11 Å². The minimum atomic E-state index is -0.555. The van der Waals surface area contributed by atoms with Gasteiger partial charge in [0.1, 0.15) is 11.9 Å². The van der Waals surface area contributed by atoms with Crippen molar-refractivity contribution in [1.29, 1.82) is 0 Å². The van der Waals surface area contributed by atoms with Gasteiger partial charge in [0, 0.05) is 12.3 Å². The maximum Gasteiger partial charge on any atom is 0.133 e. The molecule has 2 N–H and O–H groups in total. The molecule has 2 heterocycles. The molecule has 0 amide bonds. The van der Waals surface area contributed by atoms with E-state index in [0.29, 0.717) is 0 Å². The van der Waals surface area contributed by atoms with Crippen molar-refractivity contribution in [3.63, 3.8) is 0 Å². The molecule has 3 heteroatoms. The van der Waals surface area contributed by atoms with Crippen molar-refractivity contribution in [2.75, 3.05) is 0 Å². The molecule has 3 nitrogen and oxygen atoms in total. The molecule has 1 atom stereocenters. The van der Waals surface area contributed by atoms with Crippen molar-refractivity contribution in [2.45, 2.75) is 6.10 Å². The highest BCUT2D eigenvalue weighted by molar-refractivity contribution is 5.43. The number of aliphatic hydroxyl groups is 1. The van der Waals surface area contributed by atoms with E-state index in [1.54, 1.807) is 29.1 Å². The van der Waals surface area contributed by atoms with Gasteiger partial charge in [-0.1, -0.05) is 0 Å². The van der Waals surface area contributed by atoms with E-state index in [2.05, 4.69) is 0 Å². The summed E-state index contributed by atoms with van der Waals surface area (Å²) in [5.74, 6) is 0.193. The molecule has 1 aliphatic heterocycles. The van der Waals surface area contributed by atoms with Crippen LogP contribution in [0.25, 0.3) is 6.20 Å². The Morgan fingerprint density at radius 3 is 3.00 bits per heavy atom. The van der Waals surface area contributed by atoms with Crippen LogP contribution in [0.2, 0.25) is 0 Å². The predicted octanol–water partition coefficient (Wildman–Crippen LogP) is 0.711. The van der Waals surface area contributed by atoms with E-state index in [1.165, 1.54) is 0 Å². The molecular weight excluding hydrogens is 130 g/mol. The second-order valence-electron chi connectivity index (χ2n) is 2.32. The van der Waals surface area contributed by atoms with Crippen molar-refractivity contribution in [3.05, 3.63) is 24.0 Å². The van der Waals surface area contributed by atoms with E-state index < -0.39 is 6.10 Å². The number of nitrogens with zero attached hydrogens (tertiary/aromatic N) is 1. The first-order valence-electron chi connectivity index (χ1n) is 3.04. The smallest absolute Gasteiger partial charge is 0.133 e. The quantitative estimate of drug-likeness (QED) is 0.553. The lowest BCUT2D eigenvalue weighted by Gasteiger charge is -1.96. The summed E-state index contributed by atoms with van der Waals surface area (Å²) in [6, 6.07) is 1.55. The van der Waals surface area contributed by atoms with Gasteiger partial charge in [0.2, 0.25) is 0 Å². The number of rotatable bonds is 0. The Hall–Kier alpha value is -1.22. The summed E-state index contributed by atoms with van der Waals surface area (Å²) in [5, 5.41) is 18.1. The van der Waals surface area contributed by atoms with Crippen LogP contribution in [0, 0.1) is 0 Å². The molecule has 0 bridgehead atoms. The van der Waals surface area contributed by atoms with Gasteiger partial charge in [-0.3, -0.25) is 0 Å². The number of fused-ring (bicyclic) bond motifs is 1. The molecule has 0 spiro atoms. The van der Waals surface area contributed by atoms with E-state index in [-0.39, 0.29) is 5.75 Å². The summed E-state index contributed by atoms with van der Waals surface area (Å²) in [5.41, 5.74) is 0.720. The third kappa shape index (κ3) is 0.579. The highest BCUT2D eigenvalue weighted by atomic mass is 16.3. The average Bonchev–Trinajstić information content (AvgIpc) is 2.35. The molecule has 1 unspecified atom stereocenters. The predicted molar refractivity (Wildman–Crippen MR) is 36.4 cm³/mol. The zero-order valence-corrected chi connectivity index (χ0v) is 5.23. The van der Waals surface area contributed by atoms with Gasteiger partial charge in [-0.25, -0.2) is 0 Å². The molecular formula is C7H7NO2. The summed E-state index contributed by atoms with van der Waals surface area (Å²) >= 11 is 0. The summed E-state index contributed by atoms with van der Waals surface area (Å²) < 4.78 is 1.69. The molecule has 0 radical (unpaired) electrons. The summed E-state index contributed by atoms with van der Waals surface area (Å²) in [7, 11) is 0. The zero-order chi connectivity index (χ0) is 7.14. The average molecular weight is 137 g/mol. The highest BCUT2D eigenvalue weighted by Crippen LogP contribution is 2.26. The number of aliphatic hydroxyl groups excluding tert-OH is 1. The standard InChI is InChI=1S/C7H7NO2/c9-5-3-6-7(10)1-2-8(6)4-5/h1-4,7,9-10H. The Bertz CT molecular complexity index is 288. The first-order chi connectivity index (χ1) is 4.77. The number of aromatic hydroxyl groups is 1. The van der Waals surface area contributed by atoms with E-state index in [4.69, 9.17) is 5.11 Å². The van der Waals surface area contributed by atoms with Crippen molar-refractivity contribution >= 4 is 6.20 Å². The fraction of sp³-hybridized carbons (Fsp3) is 0.143. The Kier molecular flexibility index (Phi) is 0.910. The van der Waals surface area contributed by atoms with Gasteiger partial charge in [0.15, 0.2) is 0 Å². The van der Waals surface area contributed by atoms with Crippen LogP contribution in [-0.2, 0) is 0 Å². The summed E-state index contributed by atoms with van der Waals surface area (Å²) in [6.07, 6.45) is 4.39. The topological polar surface area (TPSA) is 45.4 Å². The van der Waals surface area contributed by atoms with Gasteiger partial charge in [-0.2, -0.15) is 0 Å². The minimum Gasteiger partial charge on any atom is -0.506 e. The summed E-state index contributed by atoms with van der Waals surface area (Å²) in [6.45, 7) is 0. The fourth-order valence-corrected chi connectivity index (χ4v) is 1.12. The summed E-state index contributed by atoms with van der Waals surface area (Å²) in [4.78, 5) is 0. The maximum absolute atomic E-state index is 9.18. The van der Waals surface area contributed by atoms with Crippen molar-refractivity contribution in [1.82, 2.24) is 4.57 Å². The fourth-order valence-electron chi connectivity index (χ4n) is 1.12. The van der Waals surface area contributed by atoms with E-state index >= 15 is 0 Å². The molecule has 1 aromatic heterocycles. The molecule has 1 aromatic rings. The minimum absolute atomic E-state index is 0.193. The normalized spacial score (nSPS) is 21.5. The monoisotopic (exact) mass is 137 g/mol. The second-order valence-corrected chi connectivity index (χ2v) is 2.32. The largest absolute Gasteiger partial charge is 0.506 e. The van der Waals surface area contributed by atoms with E-state index in [1.807, 2.05) is 0 Å². The molecule has 52 valence electrons. The number of hydrogen-bond acceptors (Lipinski definition) is 2. The lowest BCUT2D eigenvalue weighted by Crippen LogP contribution is -1.90. The van der Waals surface area contributed by atoms with Crippen molar-refractivity contribution < 1.29 is 10.2 Å². The lowest BCUT2D eigenvalue weighted by molar-refractivity contribution is 0.228. The Labute approximate surface area is 57.8 Å². The molecule has 0 saturated heterocycles. The van der Waals surface area contributed by atoms with Crippen LogP contribution in [0.3, 0.4) is 0 Å². The van der Waals surface area contributed by atoms with Gasteiger partial charge in [-0.05, 0) is 6.08 Å². The Balaban J connectivity index is 2.58. The second kappa shape index (κ2) is 1.64. The zero-order valence-electron chi connectivity index (χ0n) is 5.23. The van der Waals surface area contributed by atoms with Crippen LogP contribution in [0.5, 0.6) is 5.75 Å². The van der Waals surface area contributed by atoms with Crippen molar-refractivity contribution in [3.8, 4) is 5.75 Å². The maximum atomic E-state index is 9.18. The van der Waals surface area contributed by atoms with Gasteiger partial charge in [0.25, 0.3) is 0 Å². The van der Waals surface area contributed by atoms with Crippen LogP contribution in [0.15, 0.2) is 18.3 Å². The highest BCUT2D eigenvalue weighted by Gasteiger charge is 2.14. The molecule has 10 heavy (non-hydrogen) atoms. The number of hydrogen-bond donors (Lipinski definition) is 2. The number of aromatic nitrogens is 1. The first-order valence-corrected chi connectivity index (χ1v) is 3.04. The van der Waals surface area contributed by atoms with Gasteiger partial charge < -0.3 is 14.8 Å². The SMILES string of the molecule is Oc1cc2n(c1)C=CC2O. The van der Waals surface area contributed by atoms with Crippen LogP contribution < -0.4 is 0 Å². The molecule has 2 rings (SSSR count). The molecule has 1 aliphatic rings. The van der Waals surface area contributed by atoms with Crippen LogP contribution in [0.1, 0.15) is 11.8 Å². The molecule has 0 saturated carbocycles. The van der Waals surface area contributed by atoms with Gasteiger partial charge in [-0.15, -0.1) is 0 Å². The third-order valence-electron chi connectivity index (χ3n) is 1.60. The third-order valence-corrected chi connectivity index (χ3v) is 1.60. The van der Waals surface area contributed by atoms with Crippen molar-refractivity contribution in [2.24, 2.45) is 0 Å². The molecule has 0 aromatic carbocycles. The Morgan fingerprint density at radius 1 is 1.50 bits per heavy atom. The van der Waals surface area contributed by atoms with Gasteiger partial charge in [0.05, 0.1) is 11.9 Å². The first kappa shape index (κ1) is 5.56. The van der Waals surface area contributed by atoms with E-state index in [0.717, 1.165) is 5.69 Å². The molecule has 0 aliphatic carbocycles. The van der Waals surface area contributed by atoms with Gasteiger partial charge >= 0.3 is 0 Å².